The van der Waals surface area contributed by atoms with Gasteiger partial charge >= 0.3 is 11.9 Å². The van der Waals surface area contributed by atoms with Gasteiger partial charge in [-0.05, 0) is 18.2 Å². The summed E-state index contributed by atoms with van der Waals surface area (Å²) in [6.45, 7) is 1.19. The second-order valence-corrected chi connectivity index (χ2v) is 4.26. The Morgan fingerprint density at radius 1 is 1.13 bits per heavy atom. The number of aromatic hydroxyl groups is 1. The first-order valence-corrected chi connectivity index (χ1v) is 6.49. The minimum absolute atomic E-state index is 0.182. The van der Waals surface area contributed by atoms with Crippen LogP contribution in [0.5, 0.6) is 11.5 Å². The number of para-hydroxylation sites is 1. The number of carboxylic acid groups (broad SMARTS) is 2. The van der Waals surface area contributed by atoms with Crippen molar-refractivity contribution in [2.75, 3.05) is 7.11 Å². The molecule has 0 unspecified atom stereocenters. The number of hydrogen-bond donors (Lipinski definition) is 4. The van der Waals surface area contributed by atoms with E-state index in [-0.39, 0.29) is 5.75 Å². The Hall–Kier alpha value is -3.00. The van der Waals surface area contributed by atoms with E-state index in [0.717, 1.165) is 11.3 Å². The summed E-state index contributed by atoms with van der Waals surface area (Å²) < 4.78 is 10.2. The van der Waals surface area contributed by atoms with Crippen LogP contribution in [0.25, 0.3) is 0 Å². The molecule has 0 aliphatic carbocycles. The largest absolute Gasteiger partial charge is 0.504 e. The van der Waals surface area contributed by atoms with Crippen LogP contribution in [0.1, 0.15) is 11.3 Å². The average Bonchev–Trinajstić information content (AvgIpc) is 3.03. The van der Waals surface area contributed by atoms with E-state index in [1.165, 1.54) is 7.11 Å². The number of ether oxygens (including phenoxy) is 1. The maximum Gasteiger partial charge on any atom is 0.414 e. The number of phenolic OH excluding ortho intramolecular Hbond substituents is 1. The summed E-state index contributed by atoms with van der Waals surface area (Å²) in [6.07, 6.45) is 1.64. The van der Waals surface area contributed by atoms with Gasteiger partial charge < -0.3 is 29.8 Å². The molecule has 1 aromatic carbocycles. The van der Waals surface area contributed by atoms with Crippen molar-refractivity contribution in [1.29, 1.82) is 0 Å². The molecule has 2 aromatic rings. The summed E-state index contributed by atoms with van der Waals surface area (Å²) >= 11 is 0. The van der Waals surface area contributed by atoms with Crippen molar-refractivity contribution in [3.63, 3.8) is 0 Å². The Bertz CT molecular complexity index is 625. The molecule has 0 saturated carbocycles. The number of rotatable bonds is 5. The van der Waals surface area contributed by atoms with E-state index < -0.39 is 11.9 Å². The first-order valence-electron chi connectivity index (χ1n) is 6.49. The highest BCUT2D eigenvalue weighted by atomic mass is 16.5. The number of methoxy groups -OCH3 is 1. The van der Waals surface area contributed by atoms with Crippen molar-refractivity contribution in [1.82, 2.24) is 5.32 Å². The van der Waals surface area contributed by atoms with Gasteiger partial charge in [-0.1, -0.05) is 12.1 Å². The number of carboxylic acids is 2. The lowest BCUT2D eigenvalue weighted by Crippen LogP contribution is -2.12. The Kier molecular flexibility index (Phi) is 7.15. The molecule has 0 atom stereocenters. The number of nitrogens with one attached hydrogen (secondary N) is 1. The Morgan fingerprint density at radius 2 is 1.83 bits per heavy atom. The highest BCUT2D eigenvalue weighted by Crippen LogP contribution is 2.29. The molecule has 23 heavy (non-hydrogen) atoms. The van der Waals surface area contributed by atoms with E-state index >= 15 is 0 Å². The molecule has 0 spiro atoms. The van der Waals surface area contributed by atoms with E-state index in [1.54, 1.807) is 12.3 Å². The zero-order valence-corrected chi connectivity index (χ0v) is 12.4. The molecular weight excluding hydrogens is 306 g/mol. The van der Waals surface area contributed by atoms with Crippen LogP contribution in [0, 0.1) is 0 Å². The zero-order chi connectivity index (χ0) is 17.2. The van der Waals surface area contributed by atoms with E-state index in [4.69, 9.17) is 29.0 Å². The first kappa shape index (κ1) is 18.1. The van der Waals surface area contributed by atoms with E-state index in [1.807, 2.05) is 24.3 Å². The monoisotopic (exact) mass is 323 g/mol. The van der Waals surface area contributed by atoms with Gasteiger partial charge in [0.25, 0.3) is 0 Å². The normalized spacial score (nSPS) is 9.61. The molecule has 4 N–H and O–H groups in total. The number of carbonyl (C=O) groups is 2. The van der Waals surface area contributed by atoms with Gasteiger partial charge in [-0.2, -0.15) is 0 Å². The standard InChI is InChI=1S/C13H15NO3.C2H2O4/c1-16-12-6-2-4-10(13(12)15)8-14-9-11-5-3-7-17-11;3-1(4)2(5)6/h2-7,14-15H,8-9H2,1H3;(H,3,4)(H,5,6). The molecule has 0 fully saturated rings. The van der Waals surface area contributed by atoms with Crippen molar-refractivity contribution in [2.24, 2.45) is 0 Å². The highest BCUT2D eigenvalue weighted by Gasteiger charge is 2.06. The van der Waals surface area contributed by atoms with Gasteiger partial charge in [-0.25, -0.2) is 9.59 Å². The lowest BCUT2D eigenvalue weighted by atomic mass is 10.2. The van der Waals surface area contributed by atoms with Gasteiger partial charge in [0.05, 0.1) is 19.9 Å². The van der Waals surface area contributed by atoms with Crippen molar-refractivity contribution >= 4 is 11.9 Å². The van der Waals surface area contributed by atoms with Crippen LogP contribution in [0.15, 0.2) is 41.0 Å². The van der Waals surface area contributed by atoms with Crippen LogP contribution in [-0.4, -0.2) is 34.4 Å². The minimum Gasteiger partial charge on any atom is -0.504 e. The number of hydrogen-bond acceptors (Lipinski definition) is 6. The first-order chi connectivity index (χ1) is 11.0. The number of aliphatic carboxylic acids is 2. The van der Waals surface area contributed by atoms with Crippen molar-refractivity contribution in [3.8, 4) is 11.5 Å². The van der Waals surface area contributed by atoms with Crippen LogP contribution < -0.4 is 10.1 Å². The van der Waals surface area contributed by atoms with Gasteiger partial charge in [0.1, 0.15) is 5.76 Å². The number of phenols is 1. The average molecular weight is 323 g/mol. The van der Waals surface area contributed by atoms with E-state index in [0.29, 0.717) is 18.8 Å². The summed E-state index contributed by atoms with van der Waals surface area (Å²) in [4.78, 5) is 18.2. The second kappa shape index (κ2) is 9.11. The molecule has 124 valence electrons. The Morgan fingerprint density at radius 3 is 2.35 bits per heavy atom. The number of furan rings is 1. The second-order valence-electron chi connectivity index (χ2n) is 4.26. The maximum absolute atomic E-state index is 9.86. The third-order valence-corrected chi connectivity index (χ3v) is 2.68. The predicted molar refractivity (Wildman–Crippen MR) is 79.2 cm³/mol. The van der Waals surface area contributed by atoms with Crippen LogP contribution in [0.2, 0.25) is 0 Å². The summed E-state index contributed by atoms with van der Waals surface area (Å²) in [5.74, 6) is -2.11. The summed E-state index contributed by atoms with van der Waals surface area (Å²) in [7, 11) is 1.54. The zero-order valence-electron chi connectivity index (χ0n) is 12.4. The molecule has 8 heteroatoms. The lowest BCUT2D eigenvalue weighted by Gasteiger charge is -2.09. The van der Waals surface area contributed by atoms with Crippen LogP contribution in [0.3, 0.4) is 0 Å². The number of benzene rings is 1. The third kappa shape index (κ3) is 6.10. The molecule has 0 bridgehead atoms. The quantitative estimate of drug-likeness (QED) is 0.608. The van der Waals surface area contributed by atoms with Crippen molar-refractivity contribution in [2.45, 2.75) is 13.1 Å². The van der Waals surface area contributed by atoms with Gasteiger partial charge in [0.2, 0.25) is 0 Å². The molecule has 0 radical (unpaired) electrons. The summed E-state index contributed by atoms with van der Waals surface area (Å²) in [6, 6.07) is 9.18. The molecular formula is C15H17NO7. The fraction of sp³-hybridized carbons (Fsp3) is 0.200. The molecule has 1 aromatic heterocycles. The van der Waals surface area contributed by atoms with E-state index in [9.17, 15) is 5.11 Å². The Balaban J connectivity index is 0.000000379. The van der Waals surface area contributed by atoms with Crippen LogP contribution in [-0.2, 0) is 22.7 Å². The Labute approximate surface area is 131 Å². The summed E-state index contributed by atoms with van der Waals surface area (Å²) in [5.41, 5.74) is 0.802. The van der Waals surface area contributed by atoms with Gasteiger partial charge in [0.15, 0.2) is 11.5 Å². The smallest absolute Gasteiger partial charge is 0.414 e. The van der Waals surface area contributed by atoms with Crippen molar-refractivity contribution in [3.05, 3.63) is 47.9 Å². The molecule has 0 saturated heterocycles. The predicted octanol–water partition coefficient (Wildman–Crippen LogP) is 1.44. The van der Waals surface area contributed by atoms with Gasteiger partial charge in [0, 0.05) is 12.1 Å². The molecule has 0 amide bonds. The topological polar surface area (TPSA) is 129 Å². The molecule has 1 heterocycles. The van der Waals surface area contributed by atoms with Crippen LogP contribution in [0.4, 0.5) is 0 Å². The molecule has 0 aliphatic heterocycles. The maximum atomic E-state index is 9.86. The fourth-order valence-electron chi connectivity index (χ4n) is 1.61. The SMILES string of the molecule is COc1cccc(CNCc2ccco2)c1O.O=C(O)C(=O)O. The van der Waals surface area contributed by atoms with Gasteiger partial charge in [-0.3, -0.25) is 0 Å². The molecule has 8 nitrogen and oxygen atoms in total. The highest BCUT2D eigenvalue weighted by molar-refractivity contribution is 6.27. The third-order valence-electron chi connectivity index (χ3n) is 2.68. The molecule has 0 aliphatic rings. The minimum atomic E-state index is -1.82. The van der Waals surface area contributed by atoms with Gasteiger partial charge in [-0.15, -0.1) is 0 Å². The fourth-order valence-corrected chi connectivity index (χ4v) is 1.61. The summed E-state index contributed by atoms with van der Waals surface area (Å²) in [5, 5.41) is 27.8. The van der Waals surface area contributed by atoms with Crippen LogP contribution >= 0.6 is 0 Å². The van der Waals surface area contributed by atoms with E-state index in [2.05, 4.69) is 5.32 Å². The lowest BCUT2D eigenvalue weighted by molar-refractivity contribution is -0.159. The molecule has 2 rings (SSSR count). The van der Waals surface area contributed by atoms with Crippen molar-refractivity contribution < 1.29 is 34.1 Å².